The van der Waals surface area contributed by atoms with E-state index in [1.807, 2.05) is 0 Å². The molecule has 20 heavy (non-hydrogen) atoms. The van der Waals surface area contributed by atoms with Crippen LogP contribution in [0.2, 0.25) is 0 Å². The normalized spacial score (nSPS) is 35.9. The Morgan fingerprint density at radius 3 is 2.60 bits per heavy atom. The highest BCUT2D eigenvalue weighted by Crippen LogP contribution is 2.35. The first-order chi connectivity index (χ1) is 9.61. The molecule has 0 radical (unpaired) electrons. The van der Waals surface area contributed by atoms with Gasteiger partial charge in [-0.05, 0) is 76.3 Å². The van der Waals surface area contributed by atoms with Gasteiger partial charge in [0.15, 0.2) is 0 Å². The lowest BCUT2D eigenvalue weighted by atomic mass is 9.73. The van der Waals surface area contributed by atoms with Crippen molar-refractivity contribution < 1.29 is 0 Å². The van der Waals surface area contributed by atoms with Gasteiger partial charge in [-0.1, -0.05) is 20.8 Å². The van der Waals surface area contributed by atoms with Crippen LogP contribution in [0.15, 0.2) is 0 Å². The predicted octanol–water partition coefficient (Wildman–Crippen LogP) is 3.91. The van der Waals surface area contributed by atoms with Crippen molar-refractivity contribution in [3.63, 3.8) is 0 Å². The van der Waals surface area contributed by atoms with Crippen molar-refractivity contribution in [3.05, 3.63) is 0 Å². The Morgan fingerprint density at radius 1 is 1.20 bits per heavy atom. The van der Waals surface area contributed by atoms with Crippen molar-refractivity contribution in [2.45, 2.75) is 78.3 Å². The van der Waals surface area contributed by atoms with Crippen LogP contribution in [0, 0.1) is 17.8 Å². The fourth-order valence-electron chi connectivity index (χ4n) is 4.27. The highest BCUT2D eigenvalue weighted by atomic mass is 15.2. The third kappa shape index (κ3) is 4.21. The molecule has 0 aromatic carbocycles. The van der Waals surface area contributed by atoms with Gasteiger partial charge in [0.2, 0.25) is 0 Å². The van der Waals surface area contributed by atoms with E-state index in [1.165, 1.54) is 58.2 Å². The number of likely N-dealkylation sites (tertiary alicyclic amines) is 1. The lowest BCUT2D eigenvalue weighted by Crippen LogP contribution is -2.47. The molecule has 1 N–H and O–H groups in total. The van der Waals surface area contributed by atoms with Gasteiger partial charge >= 0.3 is 0 Å². The van der Waals surface area contributed by atoms with Crippen molar-refractivity contribution in [2.75, 3.05) is 19.6 Å². The molecule has 4 atom stereocenters. The molecule has 1 heterocycles. The van der Waals surface area contributed by atoms with E-state index in [-0.39, 0.29) is 0 Å². The second kappa shape index (κ2) is 7.79. The predicted molar refractivity (Wildman–Crippen MR) is 88.0 cm³/mol. The minimum atomic E-state index is 0.776. The van der Waals surface area contributed by atoms with Crippen LogP contribution in [0.25, 0.3) is 0 Å². The lowest BCUT2D eigenvalue weighted by Gasteiger charge is -2.41. The van der Waals surface area contributed by atoms with Gasteiger partial charge in [-0.15, -0.1) is 0 Å². The molecule has 1 saturated carbocycles. The van der Waals surface area contributed by atoms with Crippen molar-refractivity contribution >= 4 is 0 Å². The van der Waals surface area contributed by atoms with E-state index < -0.39 is 0 Å². The van der Waals surface area contributed by atoms with Crippen molar-refractivity contribution in [3.8, 4) is 0 Å². The smallest absolute Gasteiger partial charge is 0.0108 e. The first kappa shape index (κ1) is 16.3. The second-order valence-electron chi connectivity index (χ2n) is 7.62. The van der Waals surface area contributed by atoms with Crippen LogP contribution in [0.3, 0.4) is 0 Å². The number of nitrogens with one attached hydrogen (secondary N) is 1. The van der Waals surface area contributed by atoms with E-state index in [4.69, 9.17) is 0 Å². The molecule has 1 aliphatic carbocycles. The molecule has 0 aromatic rings. The quantitative estimate of drug-likeness (QED) is 0.793. The standard InChI is InChI=1S/C18H36N2/c1-5-10-19-18-9-8-16(14(2)3)12-17(18)13-20-11-6-7-15(20)4/h14-19H,5-13H2,1-4H3. The van der Waals surface area contributed by atoms with E-state index in [9.17, 15) is 0 Å². The molecule has 2 nitrogen and oxygen atoms in total. The number of hydrogen-bond donors (Lipinski definition) is 1. The number of nitrogens with zero attached hydrogens (tertiary/aromatic N) is 1. The van der Waals surface area contributed by atoms with E-state index in [0.29, 0.717) is 0 Å². The molecule has 1 aliphatic heterocycles. The molecule has 2 aliphatic rings. The third-order valence-electron chi connectivity index (χ3n) is 5.78. The molecule has 118 valence electrons. The maximum absolute atomic E-state index is 3.84. The number of hydrogen-bond acceptors (Lipinski definition) is 2. The zero-order valence-corrected chi connectivity index (χ0v) is 14.2. The zero-order chi connectivity index (χ0) is 14.5. The van der Waals surface area contributed by atoms with Crippen molar-refractivity contribution in [1.82, 2.24) is 10.2 Å². The average Bonchev–Trinajstić information content (AvgIpc) is 2.82. The highest BCUT2D eigenvalue weighted by molar-refractivity contribution is 4.89. The van der Waals surface area contributed by atoms with Gasteiger partial charge in [0.25, 0.3) is 0 Å². The Kier molecular flexibility index (Phi) is 6.35. The molecular weight excluding hydrogens is 244 g/mol. The summed E-state index contributed by atoms with van der Waals surface area (Å²) < 4.78 is 0. The van der Waals surface area contributed by atoms with Gasteiger partial charge in [-0.3, -0.25) is 0 Å². The summed E-state index contributed by atoms with van der Waals surface area (Å²) in [6.07, 6.45) is 8.36. The Labute approximate surface area is 126 Å². The summed E-state index contributed by atoms with van der Waals surface area (Å²) >= 11 is 0. The van der Waals surface area contributed by atoms with Crippen LogP contribution in [0.1, 0.15) is 66.2 Å². The van der Waals surface area contributed by atoms with Crippen LogP contribution in [0.4, 0.5) is 0 Å². The Morgan fingerprint density at radius 2 is 2.00 bits per heavy atom. The lowest BCUT2D eigenvalue weighted by molar-refractivity contribution is 0.118. The molecule has 0 bridgehead atoms. The van der Waals surface area contributed by atoms with Gasteiger partial charge in [-0.2, -0.15) is 0 Å². The zero-order valence-electron chi connectivity index (χ0n) is 14.2. The van der Waals surface area contributed by atoms with Crippen LogP contribution in [-0.4, -0.2) is 36.6 Å². The summed E-state index contributed by atoms with van der Waals surface area (Å²) in [5.74, 6) is 2.70. The van der Waals surface area contributed by atoms with Gasteiger partial charge in [-0.25, -0.2) is 0 Å². The van der Waals surface area contributed by atoms with E-state index >= 15 is 0 Å². The molecule has 2 heteroatoms. The number of rotatable bonds is 6. The molecule has 1 saturated heterocycles. The first-order valence-electron chi connectivity index (χ1n) is 9.09. The molecule has 0 spiro atoms. The summed E-state index contributed by atoms with van der Waals surface area (Å²) in [5.41, 5.74) is 0. The Bertz CT molecular complexity index is 277. The molecule has 0 aromatic heterocycles. The van der Waals surface area contributed by atoms with E-state index in [0.717, 1.165) is 29.8 Å². The van der Waals surface area contributed by atoms with Crippen LogP contribution < -0.4 is 5.32 Å². The van der Waals surface area contributed by atoms with Gasteiger partial charge < -0.3 is 10.2 Å². The molecular formula is C18H36N2. The summed E-state index contributed by atoms with van der Waals surface area (Å²) in [6.45, 7) is 13.4. The monoisotopic (exact) mass is 280 g/mol. The summed E-state index contributed by atoms with van der Waals surface area (Å²) in [4.78, 5) is 2.76. The van der Waals surface area contributed by atoms with Gasteiger partial charge in [0.1, 0.15) is 0 Å². The largest absolute Gasteiger partial charge is 0.314 e. The molecule has 0 amide bonds. The second-order valence-corrected chi connectivity index (χ2v) is 7.62. The maximum atomic E-state index is 3.84. The first-order valence-corrected chi connectivity index (χ1v) is 9.09. The van der Waals surface area contributed by atoms with Gasteiger partial charge in [0, 0.05) is 18.6 Å². The molecule has 2 fully saturated rings. The SMILES string of the molecule is CCCNC1CCC(C(C)C)CC1CN1CCCC1C. The average molecular weight is 280 g/mol. The van der Waals surface area contributed by atoms with E-state index in [1.54, 1.807) is 0 Å². The molecule has 2 rings (SSSR count). The maximum Gasteiger partial charge on any atom is 0.0108 e. The van der Waals surface area contributed by atoms with Crippen molar-refractivity contribution in [2.24, 2.45) is 17.8 Å². The van der Waals surface area contributed by atoms with E-state index in [2.05, 4.69) is 37.9 Å². The van der Waals surface area contributed by atoms with Crippen LogP contribution in [0.5, 0.6) is 0 Å². The minimum absolute atomic E-state index is 0.776. The Balaban J connectivity index is 1.93. The topological polar surface area (TPSA) is 15.3 Å². The third-order valence-corrected chi connectivity index (χ3v) is 5.78. The van der Waals surface area contributed by atoms with Crippen LogP contribution in [-0.2, 0) is 0 Å². The summed E-state index contributed by atoms with van der Waals surface area (Å²) in [7, 11) is 0. The highest BCUT2D eigenvalue weighted by Gasteiger charge is 2.34. The molecule has 4 unspecified atom stereocenters. The fraction of sp³-hybridized carbons (Fsp3) is 1.00. The summed E-state index contributed by atoms with van der Waals surface area (Å²) in [5, 5.41) is 3.84. The Hall–Kier alpha value is -0.0800. The van der Waals surface area contributed by atoms with Crippen LogP contribution >= 0.6 is 0 Å². The van der Waals surface area contributed by atoms with Gasteiger partial charge in [0.05, 0.1) is 0 Å². The fourth-order valence-corrected chi connectivity index (χ4v) is 4.27. The summed E-state index contributed by atoms with van der Waals surface area (Å²) in [6, 6.07) is 1.60. The van der Waals surface area contributed by atoms with Crippen molar-refractivity contribution in [1.29, 1.82) is 0 Å². The minimum Gasteiger partial charge on any atom is -0.314 e.